The van der Waals surface area contributed by atoms with Crippen LogP contribution < -0.4 is 16.0 Å². The van der Waals surface area contributed by atoms with E-state index in [2.05, 4.69) is 24.6 Å². The molecule has 0 saturated carbocycles. The van der Waals surface area contributed by atoms with Crippen molar-refractivity contribution in [1.29, 1.82) is 0 Å². The largest absolute Gasteiger partial charge is 0.495 e. The van der Waals surface area contributed by atoms with E-state index in [1.807, 2.05) is 42.8 Å². The van der Waals surface area contributed by atoms with E-state index in [-0.39, 0.29) is 6.73 Å². The molecule has 5 rings (SSSR count). The van der Waals surface area contributed by atoms with Crippen LogP contribution in [0.3, 0.4) is 0 Å². The Morgan fingerprint density at radius 1 is 1.05 bits per heavy atom. The molecule has 0 atom stereocenters. The van der Waals surface area contributed by atoms with Gasteiger partial charge in [-0.05, 0) is 67.4 Å². The highest BCUT2D eigenvalue weighted by molar-refractivity contribution is 7.22. The van der Waals surface area contributed by atoms with Gasteiger partial charge in [-0.1, -0.05) is 25.7 Å². The van der Waals surface area contributed by atoms with Crippen LogP contribution in [-0.4, -0.2) is 40.5 Å². The van der Waals surface area contributed by atoms with E-state index < -0.39 is 25.1 Å². The van der Waals surface area contributed by atoms with Crippen molar-refractivity contribution in [3.05, 3.63) is 92.9 Å². The summed E-state index contributed by atoms with van der Waals surface area (Å²) in [6.45, 7) is 11.1. The molecule has 0 aliphatic rings. The molecule has 0 radical (unpaired) electrons. The van der Waals surface area contributed by atoms with Crippen LogP contribution >= 0.6 is 11.3 Å². The van der Waals surface area contributed by atoms with Crippen LogP contribution in [0.2, 0.25) is 25.7 Å². The molecule has 0 bridgehead atoms. The summed E-state index contributed by atoms with van der Waals surface area (Å²) in [5.41, 5.74) is 2.64. The van der Waals surface area contributed by atoms with Crippen molar-refractivity contribution in [1.82, 2.24) is 18.7 Å². The third-order valence-corrected chi connectivity index (χ3v) is 10.0. The lowest BCUT2D eigenvalue weighted by Crippen LogP contribution is -2.39. The number of nitrogens with zero attached hydrogens (tertiary/aromatic N) is 4. The van der Waals surface area contributed by atoms with Gasteiger partial charge in [-0.15, -0.1) is 11.3 Å². The summed E-state index contributed by atoms with van der Waals surface area (Å²) in [5, 5.41) is 0.427. The standard InChI is InChI=1S/C30H33FN4O4SSi/c1-19-16-33(17-32-19)24-12-7-21(15-25(24)38-3)27-20(2)26-28(36)35(23-10-8-22(31)9-11-23)30(37)34(29(26)40-27)18-39-13-14-41(4,5)6/h7-12,15-17H,13-14,18H2,1-6H3. The van der Waals surface area contributed by atoms with Crippen LogP contribution in [0.25, 0.3) is 32.0 Å². The molecule has 3 heterocycles. The first-order valence-electron chi connectivity index (χ1n) is 13.3. The summed E-state index contributed by atoms with van der Waals surface area (Å²) in [6, 6.07) is 12.1. The third-order valence-electron chi connectivity index (χ3n) is 6.95. The molecule has 5 aromatic rings. The van der Waals surface area contributed by atoms with Crippen LogP contribution in [0, 0.1) is 19.7 Å². The van der Waals surface area contributed by atoms with Gasteiger partial charge in [0.2, 0.25) is 0 Å². The summed E-state index contributed by atoms with van der Waals surface area (Å²) in [4.78, 5) is 33.3. The monoisotopic (exact) mass is 592 g/mol. The first-order valence-corrected chi connectivity index (χ1v) is 17.8. The maximum atomic E-state index is 13.9. The normalized spacial score (nSPS) is 11.9. The Morgan fingerprint density at radius 2 is 1.78 bits per heavy atom. The second kappa shape index (κ2) is 11.2. The number of aryl methyl sites for hydroxylation is 2. The molecule has 8 nitrogen and oxygen atoms in total. The molecule has 0 saturated heterocycles. The predicted molar refractivity (Wildman–Crippen MR) is 164 cm³/mol. The number of hydrogen-bond acceptors (Lipinski definition) is 6. The zero-order valence-corrected chi connectivity index (χ0v) is 25.8. The lowest BCUT2D eigenvalue weighted by molar-refractivity contribution is 0.0867. The van der Waals surface area contributed by atoms with E-state index in [9.17, 15) is 14.0 Å². The summed E-state index contributed by atoms with van der Waals surface area (Å²) in [5.74, 6) is 0.197. The Kier molecular flexibility index (Phi) is 7.86. The molecule has 0 unspecified atom stereocenters. The fraction of sp³-hybridized carbons (Fsp3) is 0.300. The zero-order valence-electron chi connectivity index (χ0n) is 24.0. The molecule has 0 spiro atoms. The second-order valence-corrected chi connectivity index (χ2v) is 17.8. The lowest BCUT2D eigenvalue weighted by atomic mass is 10.1. The quantitative estimate of drug-likeness (QED) is 0.152. The number of imidazole rings is 1. The zero-order chi connectivity index (χ0) is 29.5. The van der Waals surface area contributed by atoms with Gasteiger partial charge in [0, 0.05) is 25.8 Å². The van der Waals surface area contributed by atoms with E-state index in [1.165, 1.54) is 40.2 Å². The van der Waals surface area contributed by atoms with Crippen LogP contribution in [0.15, 0.2) is 64.6 Å². The number of rotatable bonds is 9. The summed E-state index contributed by atoms with van der Waals surface area (Å²) >= 11 is 1.37. The second-order valence-electron chi connectivity index (χ2n) is 11.2. The molecule has 3 aromatic heterocycles. The molecular weight excluding hydrogens is 560 g/mol. The number of methoxy groups -OCH3 is 1. The van der Waals surface area contributed by atoms with Crippen molar-refractivity contribution >= 4 is 29.6 Å². The van der Waals surface area contributed by atoms with E-state index >= 15 is 0 Å². The number of ether oxygens (including phenoxy) is 2. The van der Waals surface area contributed by atoms with E-state index in [1.54, 1.807) is 13.4 Å². The maximum Gasteiger partial charge on any atom is 0.338 e. The van der Waals surface area contributed by atoms with Crippen molar-refractivity contribution in [3.8, 4) is 27.6 Å². The van der Waals surface area contributed by atoms with Gasteiger partial charge in [0.15, 0.2) is 0 Å². The lowest BCUT2D eigenvalue weighted by Gasteiger charge is -2.16. The van der Waals surface area contributed by atoms with E-state index in [0.717, 1.165) is 38.0 Å². The first-order chi connectivity index (χ1) is 19.5. The topological polar surface area (TPSA) is 80.3 Å². The number of hydrogen-bond donors (Lipinski definition) is 0. The first kappa shape index (κ1) is 28.7. The molecular formula is C30H33FN4O4SSi. The van der Waals surface area contributed by atoms with Gasteiger partial charge in [0.1, 0.15) is 23.1 Å². The highest BCUT2D eigenvalue weighted by Crippen LogP contribution is 2.39. The number of aromatic nitrogens is 4. The van der Waals surface area contributed by atoms with Crippen LogP contribution in [0.5, 0.6) is 5.75 Å². The number of thiophene rings is 1. The van der Waals surface area contributed by atoms with Gasteiger partial charge >= 0.3 is 5.69 Å². The van der Waals surface area contributed by atoms with Crippen molar-refractivity contribution in [2.75, 3.05) is 13.7 Å². The Labute approximate surface area is 242 Å². The maximum absolute atomic E-state index is 13.9. The molecule has 0 amide bonds. The minimum Gasteiger partial charge on any atom is -0.495 e. The average Bonchev–Trinajstić information content (AvgIpc) is 3.51. The Morgan fingerprint density at radius 3 is 2.41 bits per heavy atom. The van der Waals surface area contributed by atoms with Crippen molar-refractivity contribution in [2.24, 2.45) is 0 Å². The van der Waals surface area contributed by atoms with Gasteiger partial charge in [-0.3, -0.25) is 9.36 Å². The smallest absolute Gasteiger partial charge is 0.338 e. The highest BCUT2D eigenvalue weighted by Gasteiger charge is 2.23. The number of benzene rings is 2. The van der Waals surface area contributed by atoms with Crippen molar-refractivity contribution in [3.63, 3.8) is 0 Å². The summed E-state index contributed by atoms with van der Waals surface area (Å²) in [6.07, 6.45) is 3.65. The SMILES string of the molecule is COc1cc(-c2sc3c(c2C)c(=O)n(-c2ccc(F)cc2)c(=O)n3COCC[Si](C)(C)C)ccc1-n1cnc(C)c1. The van der Waals surface area contributed by atoms with Crippen molar-refractivity contribution < 1.29 is 13.9 Å². The number of fused-ring (bicyclic) bond motifs is 1. The molecule has 11 heteroatoms. The van der Waals surface area contributed by atoms with Crippen LogP contribution in [-0.2, 0) is 11.5 Å². The van der Waals surface area contributed by atoms with Gasteiger partial charge in [0.25, 0.3) is 5.56 Å². The average molecular weight is 593 g/mol. The minimum atomic E-state index is -1.34. The fourth-order valence-electron chi connectivity index (χ4n) is 4.67. The van der Waals surface area contributed by atoms with E-state index in [4.69, 9.17) is 9.47 Å². The molecule has 0 aliphatic heterocycles. The molecule has 41 heavy (non-hydrogen) atoms. The van der Waals surface area contributed by atoms with Crippen LogP contribution in [0.1, 0.15) is 11.3 Å². The predicted octanol–water partition coefficient (Wildman–Crippen LogP) is 6.14. The van der Waals surface area contributed by atoms with Gasteiger partial charge < -0.3 is 14.0 Å². The third kappa shape index (κ3) is 5.70. The molecule has 0 aliphatic carbocycles. The molecule has 0 fully saturated rings. The molecule has 0 N–H and O–H groups in total. The summed E-state index contributed by atoms with van der Waals surface area (Å²) < 4.78 is 29.9. The van der Waals surface area contributed by atoms with Crippen molar-refractivity contribution in [2.45, 2.75) is 46.3 Å². The van der Waals surface area contributed by atoms with Gasteiger partial charge in [0.05, 0.1) is 35.9 Å². The number of halogens is 1. The summed E-state index contributed by atoms with van der Waals surface area (Å²) in [7, 11) is 0.268. The van der Waals surface area contributed by atoms with E-state index in [0.29, 0.717) is 28.3 Å². The Bertz CT molecular complexity index is 1850. The van der Waals surface area contributed by atoms with Crippen LogP contribution in [0.4, 0.5) is 4.39 Å². The molecule has 214 valence electrons. The molecule has 2 aromatic carbocycles. The van der Waals surface area contributed by atoms with Gasteiger partial charge in [-0.25, -0.2) is 18.7 Å². The fourth-order valence-corrected chi connectivity index (χ4v) is 6.71. The minimum absolute atomic E-state index is 0.00290. The highest BCUT2D eigenvalue weighted by atomic mass is 32.1. The van der Waals surface area contributed by atoms with Gasteiger partial charge in [-0.2, -0.15) is 0 Å². The Balaban J connectivity index is 1.68. The Hall–Kier alpha value is -3.80.